The summed E-state index contributed by atoms with van der Waals surface area (Å²) in [5.74, 6) is 0. The van der Waals surface area contributed by atoms with E-state index in [1.807, 2.05) is 18.2 Å². The smallest absolute Gasteiger partial charge is 0.238 e. The van der Waals surface area contributed by atoms with Crippen molar-refractivity contribution in [1.82, 2.24) is 0 Å². The van der Waals surface area contributed by atoms with E-state index in [4.69, 9.17) is 10.9 Å². The van der Waals surface area contributed by atoms with E-state index >= 15 is 0 Å². The van der Waals surface area contributed by atoms with Gasteiger partial charge in [-0.2, -0.15) is 0 Å². The Morgan fingerprint density at radius 1 is 0.676 bits per heavy atom. The largest absolute Gasteiger partial charge is 0.397 e. The molecule has 0 saturated heterocycles. The molecule has 0 aliphatic heterocycles. The van der Waals surface area contributed by atoms with Crippen LogP contribution >= 0.6 is 0 Å². The van der Waals surface area contributed by atoms with Gasteiger partial charge in [0.2, 0.25) is 10.0 Å². The molecular weight excluding hydrogens is 478 g/mol. The van der Waals surface area contributed by atoms with Crippen LogP contribution in [0.15, 0.2) is 53.4 Å². The Labute approximate surface area is 227 Å². The molecule has 2 aromatic carbocycles. The van der Waals surface area contributed by atoms with E-state index in [0.29, 0.717) is 5.69 Å². The minimum absolute atomic E-state index is 0.0517. The number of hydrogen-bond acceptors (Lipinski definition) is 4. The first-order chi connectivity index (χ1) is 17.9. The lowest BCUT2D eigenvalue weighted by atomic mass is 10.0. The van der Waals surface area contributed by atoms with Gasteiger partial charge in [-0.05, 0) is 30.2 Å². The maximum absolute atomic E-state index is 11.7. The van der Waals surface area contributed by atoms with Crippen molar-refractivity contribution in [2.75, 3.05) is 17.2 Å². The summed E-state index contributed by atoms with van der Waals surface area (Å²) in [6.07, 6.45) is 21.6. The van der Waals surface area contributed by atoms with Gasteiger partial charge in [-0.15, -0.1) is 0 Å². The first kappa shape index (κ1) is 31.2. The van der Waals surface area contributed by atoms with Gasteiger partial charge in [0.25, 0.3) is 0 Å². The molecule has 0 amide bonds. The molecule has 2 rings (SSSR count). The van der Waals surface area contributed by atoms with E-state index < -0.39 is 10.0 Å². The van der Waals surface area contributed by atoms with Crippen molar-refractivity contribution < 1.29 is 8.42 Å². The van der Waals surface area contributed by atoms with Crippen LogP contribution in [-0.2, 0) is 16.6 Å². The molecule has 208 valence electrons. The summed E-state index contributed by atoms with van der Waals surface area (Å²) in [6.45, 7) is 3.89. The quantitative estimate of drug-likeness (QED) is 0.126. The van der Waals surface area contributed by atoms with Crippen molar-refractivity contribution in [3.05, 3.63) is 54.1 Å². The third kappa shape index (κ3) is 13.4. The standard InChI is InChI=1S/C31H51N3O2S/c1-2-3-4-5-6-7-8-9-10-11-12-13-14-15-16-20-25-34(27-28-21-18-17-19-22-28)31-24-23-29(26-30(31)32)37(33,35)36/h17-19,21-24,26H,2-16,20,25,27,32H2,1H3,(H2,33,35,36). The summed E-state index contributed by atoms with van der Waals surface area (Å²) in [6, 6.07) is 15.1. The van der Waals surface area contributed by atoms with Crippen LogP contribution in [0.1, 0.15) is 115 Å². The van der Waals surface area contributed by atoms with Crippen LogP contribution in [0.25, 0.3) is 0 Å². The maximum atomic E-state index is 11.7. The summed E-state index contributed by atoms with van der Waals surface area (Å²) < 4.78 is 23.4. The number of primary sulfonamides is 1. The number of sulfonamides is 1. The Morgan fingerprint density at radius 3 is 1.62 bits per heavy atom. The van der Waals surface area contributed by atoms with Crippen LogP contribution in [-0.4, -0.2) is 15.0 Å². The van der Waals surface area contributed by atoms with Crippen LogP contribution in [0.2, 0.25) is 0 Å². The highest BCUT2D eigenvalue weighted by molar-refractivity contribution is 7.89. The summed E-state index contributed by atoms with van der Waals surface area (Å²) in [5.41, 5.74) is 8.78. The summed E-state index contributed by atoms with van der Waals surface area (Å²) in [4.78, 5) is 2.30. The molecule has 6 heteroatoms. The molecule has 0 aliphatic carbocycles. The lowest BCUT2D eigenvalue weighted by Crippen LogP contribution is -2.25. The van der Waals surface area contributed by atoms with Crippen molar-refractivity contribution in [3.63, 3.8) is 0 Å². The van der Waals surface area contributed by atoms with Gasteiger partial charge in [-0.3, -0.25) is 0 Å². The molecule has 0 radical (unpaired) electrons. The minimum atomic E-state index is -3.77. The second-order valence-corrected chi connectivity index (χ2v) is 12.0. The van der Waals surface area contributed by atoms with Crippen LogP contribution in [0.5, 0.6) is 0 Å². The molecule has 0 aliphatic rings. The first-order valence-electron chi connectivity index (χ1n) is 14.6. The fraction of sp³-hybridized carbons (Fsp3) is 0.613. The highest BCUT2D eigenvalue weighted by Gasteiger charge is 2.15. The predicted octanol–water partition coefficient (Wildman–Crippen LogP) is 8.18. The van der Waals surface area contributed by atoms with E-state index in [1.165, 1.54) is 108 Å². The van der Waals surface area contributed by atoms with E-state index in [9.17, 15) is 8.42 Å². The van der Waals surface area contributed by atoms with Gasteiger partial charge >= 0.3 is 0 Å². The van der Waals surface area contributed by atoms with Crippen LogP contribution in [0, 0.1) is 0 Å². The van der Waals surface area contributed by atoms with E-state index in [2.05, 4.69) is 24.0 Å². The van der Waals surface area contributed by atoms with Crippen molar-refractivity contribution in [3.8, 4) is 0 Å². The van der Waals surface area contributed by atoms with E-state index in [1.54, 1.807) is 12.1 Å². The number of rotatable bonds is 21. The van der Waals surface area contributed by atoms with Crippen molar-refractivity contribution >= 4 is 21.4 Å². The van der Waals surface area contributed by atoms with Crippen molar-refractivity contribution in [1.29, 1.82) is 0 Å². The molecule has 0 heterocycles. The molecule has 0 spiro atoms. The molecule has 0 unspecified atom stereocenters. The van der Waals surface area contributed by atoms with Gasteiger partial charge in [0.15, 0.2) is 0 Å². The molecule has 5 nitrogen and oxygen atoms in total. The zero-order chi connectivity index (χ0) is 26.8. The Morgan fingerprint density at radius 2 is 1.16 bits per heavy atom. The first-order valence-corrected chi connectivity index (χ1v) is 16.2. The molecule has 0 saturated carbocycles. The number of benzene rings is 2. The Balaban J connectivity index is 1.66. The second kappa shape index (κ2) is 18.2. The topological polar surface area (TPSA) is 89.4 Å². The molecule has 0 atom stereocenters. The lowest BCUT2D eigenvalue weighted by Gasteiger charge is -2.27. The van der Waals surface area contributed by atoms with Crippen molar-refractivity contribution in [2.45, 2.75) is 121 Å². The average molecular weight is 530 g/mol. The Bertz CT molecular complexity index is 964. The highest BCUT2D eigenvalue weighted by Crippen LogP contribution is 2.28. The Kier molecular flexibility index (Phi) is 15.4. The summed E-state index contributed by atoms with van der Waals surface area (Å²) in [5, 5.41) is 5.28. The third-order valence-corrected chi connectivity index (χ3v) is 8.08. The van der Waals surface area contributed by atoms with Gasteiger partial charge in [0.05, 0.1) is 16.3 Å². The molecule has 37 heavy (non-hydrogen) atoms. The zero-order valence-corrected chi connectivity index (χ0v) is 24.0. The molecule has 0 fully saturated rings. The maximum Gasteiger partial charge on any atom is 0.238 e. The number of nitrogens with zero attached hydrogens (tertiary/aromatic N) is 1. The molecule has 4 N–H and O–H groups in total. The van der Waals surface area contributed by atoms with Crippen LogP contribution in [0.4, 0.5) is 11.4 Å². The number of nitrogen functional groups attached to an aromatic ring is 1. The fourth-order valence-electron chi connectivity index (χ4n) is 4.94. The number of hydrogen-bond donors (Lipinski definition) is 2. The average Bonchev–Trinajstić information content (AvgIpc) is 2.88. The zero-order valence-electron chi connectivity index (χ0n) is 23.2. The SMILES string of the molecule is CCCCCCCCCCCCCCCCCCN(Cc1ccccc1)c1ccc(S(N)(=O)=O)cc1N. The number of anilines is 2. The van der Waals surface area contributed by atoms with Crippen molar-refractivity contribution in [2.24, 2.45) is 5.14 Å². The third-order valence-electron chi connectivity index (χ3n) is 7.17. The highest BCUT2D eigenvalue weighted by atomic mass is 32.2. The monoisotopic (exact) mass is 529 g/mol. The van der Waals surface area contributed by atoms with Gasteiger partial charge in [-0.1, -0.05) is 134 Å². The molecular formula is C31H51N3O2S. The summed E-state index contributed by atoms with van der Waals surface area (Å²) in [7, 11) is -3.77. The summed E-state index contributed by atoms with van der Waals surface area (Å²) >= 11 is 0. The van der Waals surface area contributed by atoms with Gasteiger partial charge < -0.3 is 10.6 Å². The normalized spacial score (nSPS) is 11.6. The molecule has 0 bridgehead atoms. The van der Waals surface area contributed by atoms with Crippen LogP contribution < -0.4 is 15.8 Å². The van der Waals surface area contributed by atoms with E-state index in [0.717, 1.165) is 25.2 Å². The molecule has 2 aromatic rings. The minimum Gasteiger partial charge on any atom is -0.397 e. The molecule has 0 aromatic heterocycles. The van der Waals surface area contributed by atoms with Gasteiger partial charge in [0, 0.05) is 13.1 Å². The van der Waals surface area contributed by atoms with Crippen LogP contribution in [0.3, 0.4) is 0 Å². The number of unbranched alkanes of at least 4 members (excludes halogenated alkanes) is 15. The van der Waals surface area contributed by atoms with E-state index in [-0.39, 0.29) is 4.90 Å². The fourth-order valence-corrected chi connectivity index (χ4v) is 5.49. The lowest BCUT2D eigenvalue weighted by molar-refractivity contribution is 0.529. The number of nitrogens with two attached hydrogens (primary N) is 2. The second-order valence-electron chi connectivity index (χ2n) is 10.5. The predicted molar refractivity (Wildman–Crippen MR) is 159 cm³/mol. The van der Waals surface area contributed by atoms with Gasteiger partial charge in [-0.25, -0.2) is 13.6 Å². The Hall–Kier alpha value is -2.05. The van der Waals surface area contributed by atoms with Gasteiger partial charge in [0.1, 0.15) is 0 Å².